The molecule has 18 heavy (non-hydrogen) atoms. The molecule has 1 saturated carbocycles. The first kappa shape index (κ1) is 13.6. The van der Waals surface area contributed by atoms with Gasteiger partial charge in [0, 0.05) is 6.04 Å². The van der Waals surface area contributed by atoms with Gasteiger partial charge < -0.3 is 10.4 Å². The average molecular weight is 247 g/mol. The van der Waals surface area contributed by atoms with Gasteiger partial charge in [-0.3, -0.25) is 0 Å². The maximum absolute atomic E-state index is 9.56. The van der Waals surface area contributed by atoms with E-state index in [0.29, 0.717) is 6.04 Å². The molecule has 1 aromatic rings. The Morgan fingerprint density at radius 1 is 1.17 bits per heavy atom. The SMILES string of the molecule is CC(N[C@H](CO)c1ccccc1)C1CCCCC1. The first-order valence-corrected chi connectivity index (χ1v) is 7.23. The lowest BCUT2D eigenvalue weighted by Gasteiger charge is -2.31. The molecule has 2 N–H and O–H groups in total. The maximum atomic E-state index is 9.56. The van der Waals surface area contributed by atoms with Crippen molar-refractivity contribution in [1.29, 1.82) is 0 Å². The smallest absolute Gasteiger partial charge is 0.0626 e. The van der Waals surface area contributed by atoms with Crippen molar-refractivity contribution in [3.05, 3.63) is 35.9 Å². The summed E-state index contributed by atoms with van der Waals surface area (Å²) in [5.74, 6) is 0.775. The van der Waals surface area contributed by atoms with Gasteiger partial charge in [0.15, 0.2) is 0 Å². The second-order valence-electron chi connectivity index (χ2n) is 5.50. The van der Waals surface area contributed by atoms with Gasteiger partial charge in [0.1, 0.15) is 0 Å². The molecule has 0 aromatic heterocycles. The van der Waals surface area contributed by atoms with Crippen LogP contribution < -0.4 is 5.32 Å². The molecule has 100 valence electrons. The molecule has 1 aliphatic rings. The molecule has 0 spiro atoms. The highest BCUT2D eigenvalue weighted by Gasteiger charge is 2.22. The first-order valence-electron chi connectivity index (χ1n) is 7.23. The van der Waals surface area contributed by atoms with Gasteiger partial charge in [0.2, 0.25) is 0 Å². The lowest BCUT2D eigenvalue weighted by atomic mass is 9.84. The maximum Gasteiger partial charge on any atom is 0.0626 e. The molecule has 0 heterocycles. The summed E-state index contributed by atoms with van der Waals surface area (Å²) in [5.41, 5.74) is 1.18. The van der Waals surface area contributed by atoms with Crippen LogP contribution in [-0.2, 0) is 0 Å². The molecule has 0 saturated heterocycles. The average Bonchev–Trinajstić information content (AvgIpc) is 2.46. The summed E-state index contributed by atoms with van der Waals surface area (Å²) in [6, 6.07) is 10.8. The molecule has 0 radical (unpaired) electrons. The van der Waals surface area contributed by atoms with Gasteiger partial charge in [-0.15, -0.1) is 0 Å². The summed E-state index contributed by atoms with van der Waals surface area (Å²) in [6.45, 7) is 2.43. The van der Waals surface area contributed by atoms with Crippen molar-refractivity contribution in [3.8, 4) is 0 Å². The first-order chi connectivity index (χ1) is 8.81. The van der Waals surface area contributed by atoms with Crippen molar-refractivity contribution in [1.82, 2.24) is 5.32 Å². The highest BCUT2D eigenvalue weighted by molar-refractivity contribution is 5.19. The minimum atomic E-state index is 0.0723. The zero-order valence-corrected chi connectivity index (χ0v) is 11.3. The second-order valence-corrected chi connectivity index (χ2v) is 5.50. The van der Waals surface area contributed by atoms with Crippen molar-refractivity contribution < 1.29 is 5.11 Å². The lowest BCUT2D eigenvalue weighted by molar-refractivity contribution is 0.204. The number of aliphatic hydroxyl groups is 1. The van der Waals surface area contributed by atoms with E-state index in [1.165, 1.54) is 37.7 Å². The van der Waals surface area contributed by atoms with E-state index >= 15 is 0 Å². The number of hydrogen-bond acceptors (Lipinski definition) is 2. The van der Waals surface area contributed by atoms with Crippen molar-refractivity contribution in [2.45, 2.75) is 51.1 Å². The second kappa shape index (κ2) is 6.91. The Morgan fingerprint density at radius 2 is 1.83 bits per heavy atom. The van der Waals surface area contributed by atoms with Crippen LogP contribution in [0.4, 0.5) is 0 Å². The minimum absolute atomic E-state index is 0.0723. The summed E-state index contributed by atoms with van der Waals surface area (Å²) < 4.78 is 0. The highest BCUT2D eigenvalue weighted by atomic mass is 16.3. The third-order valence-electron chi connectivity index (χ3n) is 4.21. The van der Waals surface area contributed by atoms with E-state index in [0.717, 1.165) is 5.92 Å². The fourth-order valence-electron chi connectivity index (χ4n) is 3.03. The zero-order valence-electron chi connectivity index (χ0n) is 11.3. The van der Waals surface area contributed by atoms with Crippen LogP contribution in [0.3, 0.4) is 0 Å². The van der Waals surface area contributed by atoms with E-state index in [2.05, 4.69) is 24.4 Å². The van der Waals surface area contributed by atoms with Gasteiger partial charge in [0.25, 0.3) is 0 Å². The van der Waals surface area contributed by atoms with Gasteiger partial charge in [-0.25, -0.2) is 0 Å². The largest absolute Gasteiger partial charge is 0.394 e. The van der Waals surface area contributed by atoms with E-state index in [9.17, 15) is 5.11 Å². The number of benzene rings is 1. The van der Waals surface area contributed by atoms with Crippen LogP contribution >= 0.6 is 0 Å². The van der Waals surface area contributed by atoms with Crippen LogP contribution in [0.1, 0.15) is 50.6 Å². The van der Waals surface area contributed by atoms with E-state index in [4.69, 9.17) is 0 Å². The highest BCUT2D eigenvalue weighted by Crippen LogP contribution is 2.27. The lowest BCUT2D eigenvalue weighted by Crippen LogP contribution is -2.38. The van der Waals surface area contributed by atoms with E-state index in [-0.39, 0.29) is 12.6 Å². The number of aliphatic hydroxyl groups excluding tert-OH is 1. The summed E-state index contributed by atoms with van der Waals surface area (Å²) >= 11 is 0. The molecule has 1 aromatic carbocycles. The van der Waals surface area contributed by atoms with E-state index in [1.807, 2.05) is 18.2 Å². The fraction of sp³-hybridized carbons (Fsp3) is 0.625. The summed E-state index contributed by atoms with van der Waals surface area (Å²) in [7, 11) is 0. The van der Waals surface area contributed by atoms with Crippen LogP contribution in [-0.4, -0.2) is 17.8 Å². The molecule has 1 unspecified atom stereocenters. The van der Waals surface area contributed by atoms with Crippen LogP contribution in [0.5, 0.6) is 0 Å². The molecular formula is C16H25NO. The van der Waals surface area contributed by atoms with Crippen LogP contribution in [0.2, 0.25) is 0 Å². The third-order valence-corrected chi connectivity index (χ3v) is 4.21. The topological polar surface area (TPSA) is 32.3 Å². The predicted molar refractivity (Wildman–Crippen MR) is 75.4 cm³/mol. The Bertz CT molecular complexity index is 332. The molecular weight excluding hydrogens is 222 g/mol. The molecule has 2 atom stereocenters. The standard InChI is InChI=1S/C16H25NO/c1-13(14-8-4-2-5-9-14)17-16(12-18)15-10-6-3-7-11-15/h3,6-7,10-11,13-14,16-18H,2,4-5,8-9,12H2,1H3/t13?,16-/m1/s1. The van der Waals surface area contributed by atoms with Crippen LogP contribution in [0, 0.1) is 5.92 Å². The quantitative estimate of drug-likeness (QED) is 0.837. The molecule has 2 nitrogen and oxygen atoms in total. The number of hydrogen-bond donors (Lipinski definition) is 2. The number of nitrogens with one attached hydrogen (secondary N) is 1. The van der Waals surface area contributed by atoms with Crippen molar-refractivity contribution >= 4 is 0 Å². The fourth-order valence-corrected chi connectivity index (χ4v) is 3.03. The molecule has 2 rings (SSSR count). The number of rotatable bonds is 5. The van der Waals surface area contributed by atoms with Gasteiger partial charge in [-0.05, 0) is 31.2 Å². The minimum Gasteiger partial charge on any atom is -0.394 e. The van der Waals surface area contributed by atoms with Crippen molar-refractivity contribution in [2.75, 3.05) is 6.61 Å². The molecule has 0 aliphatic heterocycles. The molecule has 0 amide bonds. The Balaban J connectivity index is 1.93. The van der Waals surface area contributed by atoms with Gasteiger partial charge in [-0.2, -0.15) is 0 Å². The van der Waals surface area contributed by atoms with E-state index in [1.54, 1.807) is 0 Å². The zero-order chi connectivity index (χ0) is 12.8. The van der Waals surface area contributed by atoms with E-state index < -0.39 is 0 Å². The van der Waals surface area contributed by atoms with Gasteiger partial charge in [-0.1, -0.05) is 49.6 Å². The van der Waals surface area contributed by atoms with Crippen molar-refractivity contribution in [3.63, 3.8) is 0 Å². The van der Waals surface area contributed by atoms with Crippen molar-refractivity contribution in [2.24, 2.45) is 5.92 Å². The summed E-state index contributed by atoms with van der Waals surface area (Å²) in [5, 5.41) is 13.2. The Kier molecular flexibility index (Phi) is 5.21. The monoisotopic (exact) mass is 247 g/mol. The predicted octanol–water partition coefficient (Wildman–Crippen LogP) is 3.28. The summed E-state index contributed by atoms with van der Waals surface area (Å²) in [4.78, 5) is 0. The van der Waals surface area contributed by atoms with Crippen LogP contribution in [0.25, 0.3) is 0 Å². The third kappa shape index (κ3) is 3.56. The molecule has 1 fully saturated rings. The van der Waals surface area contributed by atoms with Gasteiger partial charge >= 0.3 is 0 Å². The normalized spacial score (nSPS) is 20.6. The Labute approximate surface area is 110 Å². The summed E-state index contributed by atoms with van der Waals surface area (Å²) in [6.07, 6.45) is 6.80. The van der Waals surface area contributed by atoms with Gasteiger partial charge in [0.05, 0.1) is 12.6 Å². The van der Waals surface area contributed by atoms with Crippen LogP contribution in [0.15, 0.2) is 30.3 Å². The Hall–Kier alpha value is -0.860. The molecule has 2 heteroatoms. The Morgan fingerprint density at radius 3 is 2.44 bits per heavy atom. The molecule has 1 aliphatic carbocycles. The molecule has 0 bridgehead atoms.